The van der Waals surface area contributed by atoms with Crippen LogP contribution in [0.3, 0.4) is 0 Å². The van der Waals surface area contributed by atoms with Crippen molar-refractivity contribution in [2.24, 2.45) is 16.7 Å². The highest BCUT2D eigenvalue weighted by Gasteiger charge is 2.74. The maximum absolute atomic E-state index is 10.2. The van der Waals surface area contributed by atoms with E-state index in [2.05, 4.69) is 154 Å². The molecule has 3 rings (SSSR count). The second kappa shape index (κ2) is 13.9. The van der Waals surface area contributed by atoms with Gasteiger partial charge in [-0.25, -0.2) is 0 Å². The Morgan fingerprint density at radius 2 is 1.23 bits per heavy atom. The number of ether oxygens (including phenoxy) is 1. The molecule has 0 aromatic heterocycles. The van der Waals surface area contributed by atoms with Crippen LogP contribution < -0.4 is 0 Å². The van der Waals surface area contributed by atoms with Crippen LogP contribution in [0.4, 0.5) is 0 Å². The highest BCUT2D eigenvalue weighted by Crippen LogP contribution is 2.66. The molecule has 0 spiro atoms. The maximum Gasteiger partial charge on any atom is 0.121 e. The number of aliphatic hydroxyl groups is 2. The first-order valence-corrected chi connectivity index (χ1v) is 15.8. The Bertz CT molecular complexity index is 1320. The van der Waals surface area contributed by atoms with Gasteiger partial charge in [0.15, 0.2) is 0 Å². The lowest BCUT2D eigenvalue weighted by molar-refractivity contribution is 0.0515. The zero-order chi connectivity index (χ0) is 32.1. The lowest BCUT2D eigenvalue weighted by atomic mass is 9.63. The molecule has 0 aromatic rings. The van der Waals surface area contributed by atoms with E-state index in [-0.39, 0.29) is 34.2 Å². The molecule has 5 atom stereocenters. The Morgan fingerprint density at radius 3 is 1.77 bits per heavy atom. The molecule has 1 saturated heterocycles. The minimum atomic E-state index is -0.333. The Kier molecular flexibility index (Phi) is 11.3. The topological polar surface area (TPSA) is 53.0 Å². The van der Waals surface area contributed by atoms with E-state index in [1.54, 1.807) is 0 Å². The number of allylic oxidation sites excluding steroid dienone is 18. The number of epoxide rings is 1. The van der Waals surface area contributed by atoms with Crippen molar-refractivity contribution in [1.82, 2.24) is 0 Å². The van der Waals surface area contributed by atoms with Crippen molar-refractivity contribution in [3.8, 4) is 0 Å². The molecule has 2 N–H and O–H groups in total. The summed E-state index contributed by atoms with van der Waals surface area (Å²) in [5.41, 5.74) is 5.38. The molecule has 3 heteroatoms. The van der Waals surface area contributed by atoms with Crippen molar-refractivity contribution in [2.45, 2.75) is 112 Å². The fourth-order valence-electron chi connectivity index (χ4n) is 7.07. The van der Waals surface area contributed by atoms with E-state index in [9.17, 15) is 10.2 Å². The van der Waals surface area contributed by atoms with Gasteiger partial charge in [0.25, 0.3) is 0 Å². The average molecular weight is 585 g/mol. The van der Waals surface area contributed by atoms with E-state index in [4.69, 9.17) is 4.74 Å². The molecule has 0 unspecified atom stereocenters. The summed E-state index contributed by atoms with van der Waals surface area (Å²) in [4.78, 5) is 0. The highest BCUT2D eigenvalue weighted by molar-refractivity contribution is 5.37. The molecule has 0 radical (unpaired) electrons. The molecule has 2 aliphatic carbocycles. The van der Waals surface area contributed by atoms with E-state index in [0.717, 1.165) is 12.8 Å². The lowest BCUT2D eigenvalue weighted by Gasteiger charge is -2.39. The molecule has 0 amide bonds. The van der Waals surface area contributed by atoms with Crippen LogP contribution in [0, 0.1) is 16.7 Å². The molecular weight excluding hydrogens is 528 g/mol. The summed E-state index contributed by atoms with van der Waals surface area (Å²) in [7, 11) is 0. The lowest BCUT2D eigenvalue weighted by Crippen LogP contribution is -2.46. The van der Waals surface area contributed by atoms with Gasteiger partial charge in [0, 0.05) is 17.8 Å². The fourth-order valence-corrected chi connectivity index (χ4v) is 7.07. The second-order valence-electron chi connectivity index (χ2n) is 14.6. The van der Waals surface area contributed by atoms with Crippen LogP contribution in [0.15, 0.2) is 119 Å². The SMILES string of the molecule is CC1=C[C@H](O)CC(C)(C)[C@H]1/C=C/C(C)=C/C=C/C(C)=C/C=C\C=C(C)/C=C/C=C(C)\C=C\[C@@]12O[C@]1(C)C[C@@H](O)CC2(C)C. The average Bonchev–Trinajstić information content (AvgIpc) is 3.49. The van der Waals surface area contributed by atoms with Crippen LogP contribution in [0.5, 0.6) is 0 Å². The number of fused-ring (bicyclic) bond motifs is 1. The number of aliphatic hydroxyl groups excluding tert-OH is 2. The van der Waals surface area contributed by atoms with Gasteiger partial charge >= 0.3 is 0 Å². The first-order chi connectivity index (χ1) is 20.0. The van der Waals surface area contributed by atoms with Crippen molar-refractivity contribution >= 4 is 0 Å². The van der Waals surface area contributed by atoms with Crippen LogP contribution in [0.1, 0.15) is 88.5 Å². The van der Waals surface area contributed by atoms with E-state index in [0.29, 0.717) is 12.3 Å². The molecule has 2 fully saturated rings. The van der Waals surface area contributed by atoms with Crippen LogP contribution in [-0.2, 0) is 4.74 Å². The van der Waals surface area contributed by atoms with Gasteiger partial charge in [-0.3, -0.25) is 0 Å². The van der Waals surface area contributed by atoms with Crippen molar-refractivity contribution < 1.29 is 14.9 Å². The van der Waals surface area contributed by atoms with Gasteiger partial charge in [0.05, 0.1) is 12.2 Å². The summed E-state index contributed by atoms with van der Waals surface area (Å²) in [6, 6.07) is 0. The minimum Gasteiger partial charge on any atom is -0.393 e. The third-order valence-electron chi connectivity index (χ3n) is 9.43. The molecule has 234 valence electrons. The Balaban J connectivity index is 1.49. The molecule has 1 heterocycles. The zero-order valence-electron chi connectivity index (χ0n) is 28.3. The van der Waals surface area contributed by atoms with Crippen LogP contribution in [0.25, 0.3) is 0 Å². The quantitative estimate of drug-likeness (QED) is 0.153. The molecule has 43 heavy (non-hydrogen) atoms. The van der Waals surface area contributed by atoms with Gasteiger partial charge in [-0.2, -0.15) is 0 Å². The van der Waals surface area contributed by atoms with Crippen LogP contribution >= 0.6 is 0 Å². The maximum atomic E-state index is 10.2. The molecule has 1 aliphatic heterocycles. The number of hydrogen-bond acceptors (Lipinski definition) is 3. The van der Waals surface area contributed by atoms with Crippen molar-refractivity contribution in [1.29, 1.82) is 0 Å². The first kappa shape index (κ1) is 34.8. The zero-order valence-corrected chi connectivity index (χ0v) is 28.3. The Morgan fingerprint density at radius 1 is 0.721 bits per heavy atom. The Hall–Kier alpha value is -2.72. The van der Waals surface area contributed by atoms with E-state index in [1.165, 1.54) is 27.9 Å². The smallest absolute Gasteiger partial charge is 0.121 e. The van der Waals surface area contributed by atoms with Crippen molar-refractivity contribution in [2.75, 3.05) is 0 Å². The molecule has 3 nitrogen and oxygen atoms in total. The van der Waals surface area contributed by atoms with Crippen molar-refractivity contribution in [3.05, 3.63) is 119 Å². The van der Waals surface area contributed by atoms with Crippen LogP contribution in [-0.4, -0.2) is 33.6 Å². The normalized spacial score (nSPS) is 33.8. The molecule has 3 aliphatic rings. The summed E-state index contributed by atoms with van der Waals surface area (Å²) in [6.07, 6.45) is 33.5. The predicted octanol–water partition coefficient (Wildman–Crippen LogP) is 9.61. The van der Waals surface area contributed by atoms with E-state index >= 15 is 0 Å². The predicted molar refractivity (Wildman–Crippen MR) is 184 cm³/mol. The van der Waals surface area contributed by atoms with Gasteiger partial charge in [0.1, 0.15) is 11.2 Å². The summed E-state index contributed by atoms with van der Waals surface area (Å²) in [5.74, 6) is 0.345. The number of hydrogen-bond donors (Lipinski definition) is 2. The van der Waals surface area contributed by atoms with Crippen molar-refractivity contribution in [3.63, 3.8) is 0 Å². The third-order valence-corrected chi connectivity index (χ3v) is 9.43. The monoisotopic (exact) mass is 584 g/mol. The van der Waals surface area contributed by atoms with Gasteiger partial charge in [-0.1, -0.05) is 141 Å². The number of rotatable bonds is 10. The minimum absolute atomic E-state index is 0.0547. The molecular formula is C40H56O3. The standard InChI is InChI=1S/C40H56O3/c1-29(17-13-19-31(3)21-22-36-33(5)25-34(41)26-37(36,6)7)15-11-12-16-30(2)18-14-20-32(4)23-24-40-38(8,9)27-35(42)28-39(40,10)43-40/h11-25,34-36,41-42H,26-28H2,1-10H3/b12-11-,17-13+,18-14+,22-21+,24-23+,29-15+,30-16-,31-19+,32-20-/t34-,35-,36-,39+,40-/m0/s1. The summed E-state index contributed by atoms with van der Waals surface area (Å²) in [6.45, 7) is 21.5. The van der Waals surface area contributed by atoms with Crippen LogP contribution in [0.2, 0.25) is 0 Å². The van der Waals surface area contributed by atoms with E-state index < -0.39 is 0 Å². The molecule has 0 aromatic carbocycles. The van der Waals surface area contributed by atoms with Gasteiger partial charge in [-0.05, 0) is 65.9 Å². The first-order valence-electron chi connectivity index (χ1n) is 15.8. The summed E-state index contributed by atoms with van der Waals surface area (Å²) < 4.78 is 6.25. The third kappa shape index (κ3) is 8.91. The second-order valence-corrected chi connectivity index (χ2v) is 14.6. The largest absolute Gasteiger partial charge is 0.393 e. The summed E-state index contributed by atoms with van der Waals surface area (Å²) >= 11 is 0. The molecule has 1 saturated carbocycles. The highest BCUT2D eigenvalue weighted by atomic mass is 16.6. The van der Waals surface area contributed by atoms with E-state index in [1.807, 2.05) is 6.08 Å². The van der Waals surface area contributed by atoms with Gasteiger partial charge in [0.2, 0.25) is 0 Å². The molecule has 0 bridgehead atoms. The fraction of sp³-hybridized carbons (Fsp3) is 0.500. The summed E-state index contributed by atoms with van der Waals surface area (Å²) in [5, 5.41) is 20.3. The Labute approximate surface area is 262 Å². The van der Waals surface area contributed by atoms with Gasteiger partial charge < -0.3 is 14.9 Å². The van der Waals surface area contributed by atoms with Gasteiger partial charge in [-0.15, -0.1) is 0 Å².